The van der Waals surface area contributed by atoms with E-state index >= 15 is 0 Å². The standard InChI is InChI=1S/C19H25N3O4/c1-13-7-8-15(11-16(13)22-10-9-17(23)21-19(22)25)26-12-18(24)20-14-5-3-2-4-6-14/h7-8,11,14H,2-6,9-10,12H2,1H3,(H,20,24)(H,21,23,25). The van der Waals surface area contributed by atoms with Gasteiger partial charge in [0, 0.05) is 25.1 Å². The maximum Gasteiger partial charge on any atom is 0.328 e. The van der Waals surface area contributed by atoms with Crippen LogP contribution in [0.4, 0.5) is 10.5 Å². The number of hydrogen-bond donors (Lipinski definition) is 2. The predicted molar refractivity (Wildman–Crippen MR) is 97.2 cm³/mol. The highest BCUT2D eigenvalue weighted by atomic mass is 16.5. The van der Waals surface area contributed by atoms with Gasteiger partial charge in [-0.1, -0.05) is 25.3 Å². The third-order valence-corrected chi connectivity index (χ3v) is 4.87. The number of imide groups is 1. The Morgan fingerprint density at radius 2 is 2.04 bits per heavy atom. The lowest BCUT2D eigenvalue weighted by Gasteiger charge is -2.28. The lowest BCUT2D eigenvalue weighted by Crippen LogP contribution is -2.49. The van der Waals surface area contributed by atoms with Gasteiger partial charge in [0.1, 0.15) is 5.75 Å². The molecule has 1 aliphatic heterocycles. The number of urea groups is 1. The molecule has 0 bridgehead atoms. The Hall–Kier alpha value is -2.57. The lowest BCUT2D eigenvalue weighted by atomic mass is 9.95. The van der Waals surface area contributed by atoms with Gasteiger partial charge in [0.15, 0.2) is 6.61 Å². The number of carbonyl (C=O) groups is 3. The van der Waals surface area contributed by atoms with Gasteiger partial charge < -0.3 is 10.1 Å². The molecule has 0 unspecified atom stereocenters. The van der Waals surface area contributed by atoms with E-state index in [-0.39, 0.29) is 30.9 Å². The van der Waals surface area contributed by atoms with Gasteiger partial charge in [0.2, 0.25) is 5.91 Å². The largest absolute Gasteiger partial charge is 0.484 e. The molecule has 2 fully saturated rings. The van der Waals surface area contributed by atoms with Crippen molar-refractivity contribution >= 4 is 23.5 Å². The van der Waals surface area contributed by atoms with Gasteiger partial charge >= 0.3 is 6.03 Å². The number of carbonyl (C=O) groups excluding carboxylic acids is 3. The monoisotopic (exact) mass is 359 g/mol. The highest BCUT2D eigenvalue weighted by Gasteiger charge is 2.25. The van der Waals surface area contributed by atoms with E-state index in [1.54, 1.807) is 12.1 Å². The number of hydrogen-bond acceptors (Lipinski definition) is 4. The summed E-state index contributed by atoms with van der Waals surface area (Å²) in [6, 6.07) is 5.17. The van der Waals surface area contributed by atoms with Crippen LogP contribution in [0.15, 0.2) is 18.2 Å². The fourth-order valence-corrected chi connectivity index (χ4v) is 3.43. The zero-order valence-electron chi connectivity index (χ0n) is 15.0. The molecular formula is C19H25N3O4. The molecule has 1 saturated carbocycles. The minimum atomic E-state index is -0.434. The van der Waals surface area contributed by atoms with Crippen LogP contribution in [-0.2, 0) is 9.59 Å². The second-order valence-electron chi connectivity index (χ2n) is 6.89. The highest BCUT2D eigenvalue weighted by molar-refractivity contribution is 6.06. The summed E-state index contributed by atoms with van der Waals surface area (Å²) in [5.74, 6) is 0.130. The van der Waals surface area contributed by atoms with Gasteiger partial charge in [-0.15, -0.1) is 0 Å². The van der Waals surface area contributed by atoms with Crippen LogP contribution < -0.4 is 20.3 Å². The third-order valence-electron chi connectivity index (χ3n) is 4.87. The molecule has 140 valence electrons. The summed E-state index contributed by atoms with van der Waals surface area (Å²) in [7, 11) is 0. The molecule has 0 atom stereocenters. The van der Waals surface area contributed by atoms with Crippen LogP contribution in [0.5, 0.6) is 5.75 Å². The van der Waals surface area contributed by atoms with Crippen molar-refractivity contribution in [1.29, 1.82) is 0 Å². The summed E-state index contributed by atoms with van der Waals surface area (Å²) in [6.07, 6.45) is 5.89. The van der Waals surface area contributed by atoms with Gasteiger partial charge in [-0.3, -0.25) is 19.8 Å². The summed E-state index contributed by atoms with van der Waals surface area (Å²) >= 11 is 0. The Morgan fingerprint density at radius 1 is 1.27 bits per heavy atom. The van der Waals surface area contributed by atoms with Crippen LogP contribution in [0, 0.1) is 6.92 Å². The van der Waals surface area contributed by atoms with Gasteiger partial charge in [0.25, 0.3) is 5.91 Å². The molecule has 1 saturated heterocycles. The van der Waals surface area contributed by atoms with Crippen LogP contribution in [0.1, 0.15) is 44.1 Å². The lowest BCUT2D eigenvalue weighted by molar-refractivity contribution is -0.124. The highest BCUT2D eigenvalue weighted by Crippen LogP contribution is 2.27. The molecule has 1 aromatic carbocycles. The molecule has 2 N–H and O–H groups in total. The Bertz CT molecular complexity index is 698. The number of aryl methyl sites for hydroxylation is 1. The smallest absolute Gasteiger partial charge is 0.328 e. The molecule has 2 aliphatic rings. The van der Waals surface area contributed by atoms with E-state index in [4.69, 9.17) is 4.74 Å². The van der Waals surface area contributed by atoms with Crippen molar-refractivity contribution < 1.29 is 19.1 Å². The van der Waals surface area contributed by atoms with Crippen molar-refractivity contribution in [2.45, 2.75) is 51.5 Å². The van der Waals surface area contributed by atoms with Crippen molar-refractivity contribution in [3.63, 3.8) is 0 Å². The van der Waals surface area contributed by atoms with E-state index in [0.717, 1.165) is 31.2 Å². The van der Waals surface area contributed by atoms with Crippen LogP contribution in [-0.4, -0.2) is 37.0 Å². The number of ether oxygens (including phenoxy) is 1. The number of nitrogens with one attached hydrogen (secondary N) is 2. The molecule has 3 rings (SSSR count). The number of anilines is 1. The van der Waals surface area contributed by atoms with E-state index in [0.29, 0.717) is 18.0 Å². The van der Waals surface area contributed by atoms with Crippen molar-refractivity contribution in [2.24, 2.45) is 0 Å². The van der Waals surface area contributed by atoms with E-state index in [2.05, 4.69) is 10.6 Å². The number of benzene rings is 1. The normalized spacial score (nSPS) is 18.4. The molecule has 7 nitrogen and oxygen atoms in total. The first-order valence-electron chi connectivity index (χ1n) is 9.17. The third kappa shape index (κ3) is 4.53. The van der Waals surface area contributed by atoms with Crippen LogP contribution >= 0.6 is 0 Å². The summed E-state index contributed by atoms with van der Waals surface area (Å²) < 4.78 is 5.61. The minimum absolute atomic E-state index is 0.0519. The van der Waals surface area contributed by atoms with Gasteiger partial charge in [0.05, 0.1) is 5.69 Å². The summed E-state index contributed by atoms with van der Waals surface area (Å²) in [6.45, 7) is 2.17. The van der Waals surface area contributed by atoms with Crippen molar-refractivity contribution in [2.75, 3.05) is 18.1 Å². The summed E-state index contributed by atoms with van der Waals surface area (Å²) in [4.78, 5) is 37.0. The molecule has 26 heavy (non-hydrogen) atoms. The van der Waals surface area contributed by atoms with E-state index in [1.807, 2.05) is 13.0 Å². The second-order valence-corrected chi connectivity index (χ2v) is 6.89. The molecule has 4 amide bonds. The van der Waals surface area contributed by atoms with Crippen molar-refractivity contribution in [3.8, 4) is 5.75 Å². The fraction of sp³-hybridized carbons (Fsp3) is 0.526. The Morgan fingerprint density at radius 3 is 2.77 bits per heavy atom. The SMILES string of the molecule is Cc1ccc(OCC(=O)NC2CCCCC2)cc1N1CCC(=O)NC1=O. The topological polar surface area (TPSA) is 87.7 Å². The van der Waals surface area contributed by atoms with E-state index in [9.17, 15) is 14.4 Å². The maximum absolute atomic E-state index is 12.1. The van der Waals surface area contributed by atoms with Gasteiger partial charge in [-0.05, 0) is 31.4 Å². The van der Waals surface area contributed by atoms with Crippen LogP contribution in [0.3, 0.4) is 0 Å². The zero-order valence-corrected chi connectivity index (χ0v) is 15.0. The second kappa shape index (κ2) is 8.21. The Labute approximate surface area is 153 Å². The van der Waals surface area contributed by atoms with Crippen molar-refractivity contribution in [1.82, 2.24) is 10.6 Å². The van der Waals surface area contributed by atoms with Crippen LogP contribution in [0.2, 0.25) is 0 Å². The van der Waals surface area contributed by atoms with Crippen molar-refractivity contribution in [3.05, 3.63) is 23.8 Å². The molecule has 0 spiro atoms. The molecular weight excluding hydrogens is 334 g/mol. The van der Waals surface area contributed by atoms with Gasteiger partial charge in [-0.2, -0.15) is 0 Å². The molecule has 1 heterocycles. The average molecular weight is 359 g/mol. The fourth-order valence-electron chi connectivity index (χ4n) is 3.43. The van der Waals surface area contributed by atoms with Gasteiger partial charge in [-0.25, -0.2) is 4.79 Å². The first-order chi connectivity index (χ1) is 12.5. The zero-order chi connectivity index (χ0) is 18.5. The van der Waals surface area contributed by atoms with E-state index < -0.39 is 6.03 Å². The van der Waals surface area contributed by atoms with E-state index in [1.165, 1.54) is 11.3 Å². The number of amides is 4. The summed E-state index contributed by atoms with van der Waals surface area (Å²) in [5.41, 5.74) is 1.58. The number of rotatable bonds is 5. The molecule has 1 aromatic rings. The molecule has 1 aliphatic carbocycles. The van der Waals surface area contributed by atoms with Crippen LogP contribution in [0.25, 0.3) is 0 Å². The Kier molecular flexibility index (Phi) is 5.75. The molecule has 0 radical (unpaired) electrons. The Balaban J connectivity index is 1.59. The quantitative estimate of drug-likeness (QED) is 0.844. The number of nitrogens with zero attached hydrogens (tertiary/aromatic N) is 1. The summed E-state index contributed by atoms with van der Waals surface area (Å²) in [5, 5.41) is 5.33. The predicted octanol–water partition coefficient (Wildman–Crippen LogP) is 2.27. The minimum Gasteiger partial charge on any atom is -0.484 e. The average Bonchev–Trinajstić information content (AvgIpc) is 2.62. The molecule has 7 heteroatoms. The first kappa shape index (κ1) is 18.2. The first-order valence-corrected chi connectivity index (χ1v) is 9.17. The molecule has 0 aromatic heterocycles. The maximum atomic E-state index is 12.1.